The molecule has 1 N–H and O–H groups in total. The lowest BCUT2D eigenvalue weighted by Gasteiger charge is -2.26. The average Bonchev–Trinajstić information content (AvgIpc) is 3.36. The summed E-state index contributed by atoms with van der Waals surface area (Å²) in [6, 6.07) is 11.4. The number of furan rings is 1. The van der Waals surface area contributed by atoms with Crippen LogP contribution in [-0.2, 0) is 9.53 Å². The monoisotopic (exact) mass is 484 g/mol. The third kappa shape index (κ3) is 4.10. The van der Waals surface area contributed by atoms with Crippen molar-refractivity contribution in [2.24, 2.45) is 0 Å². The molecule has 1 unspecified atom stereocenters. The van der Waals surface area contributed by atoms with E-state index in [1.807, 2.05) is 43.3 Å². The van der Waals surface area contributed by atoms with Crippen molar-refractivity contribution in [1.29, 1.82) is 0 Å². The van der Waals surface area contributed by atoms with E-state index in [0.29, 0.717) is 27.3 Å². The summed E-state index contributed by atoms with van der Waals surface area (Å²) in [5.41, 5.74) is 1.93. The molecule has 1 aliphatic rings. The van der Waals surface area contributed by atoms with E-state index in [2.05, 4.69) is 0 Å². The van der Waals surface area contributed by atoms with Gasteiger partial charge in [-0.3, -0.25) is 9.59 Å². The predicted molar refractivity (Wildman–Crippen MR) is 129 cm³/mol. The number of hydrogen-bond donors (Lipinski definition) is 1. The van der Waals surface area contributed by atoms with Crippen LogP contribution in [0.1, 0.15) is 22.2 Å². The quantitative estimate of drug-likeness (QED) is 0.474. The maximum atomic E-state index is 13.6. The SMILES string of the molecule is COCCN1C(=O)C(O)=C(C(=O)c2cc3cc(Cl)cc(OC)c3o2)C1c1ccc(N(C)C)cc1. The van der Waals surface area contributed by atoms with E-state index >= 15 is 0 Å². The number of aliphatic hydroxyl groups is 1. The van der Waals surface area contributed by atoms with Gasteiger partial charge in [-0.2, -0.15) is 0 Å². The summed E-state index contributed by atoms with van der Waals surface area (Å²) in [4.78, 5) is 30.0. The van der Waals surface area contributed by atoms with Crippen LogP contribution in [0.4, 0.5) is 5.69 Å². The number of fused-ring (bicyclic) bond motifs is 1. The third-order valence-electron chi connectivity index (χ3n) is 5.80. The van der Waals surface area contributed by atoms with Crippen molar-refractivity contribution in [3.63, 3.8) is 0 Å². The highest BCUT2D eigenvalue weighted by atomic mass is 35.5. The number of hydrogen-bond acceptors (Lipinski definition) is 7. The van der Waals surface area contributed by atoms with Crippen LogP contribution in [0, 0.1) is 0 Å². The Balaban J connectivity index is 1.80. The molecule has 2 aromatic carbocycles. The molecular formula is C25H25ClN2O6. The van der Waals surface area contributed by atoms with E-state index < -0.39 is 23.5 Å². The molecule has 0 bridgehead atoms. The predicted octanol–water partition coefficient (Wildman–Crippen LogP) is 4.39. The Bertz CT molecular complexity index is 1280. The van der Waals surface area contributed by atoms with Crippen LogP contribution >= 0.6 is 11.6 Å². The fourth-order valence-corrected chi connectivity index (χ4v) is 4.31. The second-order valence-corrected chi connectivity index (χ2v) is 8.54. The highest BCUT2D eigenvalue weighted by molar-refractivity contribution is 6.31. The van der Waals surface area contributed by atoms with Crippen LogP contribution in [0.5, 0.6) is 5.75 Å². The van der Waals surface area contributed by atoms with E-state index in [4.69, 9.17) is 25.5 Å². The standard InChI is InChI=1S/C25H25ClN2O6/c1-27(2)17-7-5-14(6-8-17)21-20(23(30)25(31)28(21)9-10-32-3)22(29)18-12-15-11-16(26)13-19(33-4)24(15)34-18/h5-8,11-13,21,30H,9-10H2,1-4H3. The van der Waals surface area contributed by atoms with Gasteiger partial charge in [0.05, 0.1) is 25.3 Å². The van der Waals surface area contributed by atoms with Gasteiger partial charge in [-0.25, -0.2) is 0 Å². The lowest BCUT2D eigenvalue weighted by Crippen LogP contribution is -2.34. The van der Waals surface area contributed by atoms with Crippen molar-refractivity contribution in [3.8, 4) is 5.75 Å². The zero-order chi connectivity index (χ0) is 24.6. The molecule has 1 aliphatic heterocycles. The second kappa shape index (κ2) is 9.40. The lowest BCUT2D eigenvalue weighted by molar-refractivity contribution is -0.130. The van der Waals surface area contributed by atoms with E-state index in [0.717, 1.165) is 5.69 Å². The number of ketones is 1. The Morgan fingerprint density at radius 2 is 1.88 bits per heavy atom. The Morgan fingerprint density at radius 3 is 2.50 bits per heavy atom. The van der Waals surface area contributed by atoms with Gasteiger partial charge in [-0.05, 0) is 29.8 Å². The van der Waals surface area contributed by atoms with Gasteiger partial charge in [0.15, 0.2) is 22.9 Å². The summed E-state index contributed by atoms with van der Waals surface area (Å²) in [6.07, 6.45) is 0. The first kappa shape index (κ1) is 23.7. The normalized spacial score (nSPS) is 16.0. The number of aliphatic hydroxyl groups excluding tert-OH is 1. The number of ether oxygens (including phenoxy) is 2. The number of carbonyl (C=O) groups is 2. The molecule has 2 heterocycles. The summed E-state index contributed by atoms with van der Waals surface area (Å²) in [5.74, 6) is -1.50. The van der Waals surface area contributed by atoms with E-state index in [9.17, 15) is 14.7 Å². The third-order valence-corrected chi connectivity index (χ3v) is 6.02. The molecule has 9 heteroatoms. The van der Waals surface area contributed by atoms with Crippen molar-refractivity contribution in [1.82, 2.24) is 4.90 Å². The molecule has 0 saturated heterocycles. The van der Waals surface area contributed by atoms with Crippen molar-refractivity contribution >= 4 is 39.9 Å². The van der Waals surface area contributed by atoms with Crippen molar-refractivity contribution in [3.05, 3.63) is 70.1 Å². The van der Waals surface area contributed by atoms with Crippen molar-refractivity contribution in [2.45, 2.75) is 6.04 Å². The topological polar surface area (TPSA) is 92.5 Å². The average molecular weight is 485 g/mol. The fourth-order valence-electron chi connectivity index (χ4n) is 4.09. The first-order valence-corrected chi connectivity index (χ1v) is 11.0. The van der Waals surface area contributed by atoms with E-state index in [-0.39, 0.29) is 24.5 Å². The summed E-state index contributed by atoms with van der Waals surface area (Å²) in [7, 11) is 6.83. The molecule has 3 aromatic rings. The summed E-state index contributed by atoms with van der Waals surface area (Å²) < 4.78 is 16.3. The number of Topliss-reactive ketones (excluding diaryl/α,β-unsaturated/α-hetero) is 1. The Labute approximate surface area is 201 Å². The minimum atomic E-state index is -0.801. The largest absolute Gasteiger partial charge is 0.503 e. The number of methoxy groups -OCH3 is 2. The summed E-state index contributed by atoms with van der Waals surface area (Å²) in [5, 5.41) is 11.8. The second-order valence-electron chi connectivity index (χ2n) is 8.11. The number of anilines is 1. The Morgan fingerprint density at radius 1 is 1.18 bits per heavy atom. The Hall–Kier alpha value is -3.49. The molecule has 1 aromatic heterocycles. The lowest BCUT2D eigenvalue weighted by atomic mass is 9.94. The van der Waals surface area contributed by atoms with Crippen LogP contribution < -0.4 is 9.64 Å². The zero-order valence-electron chi connectivity index (χ0n) is 19.3. The van der Waals surface area contributed by atoms with Crippen LogP contribution in [-0.4, -0.2) is 63.2 Å². The number of halogens is 1. The summed E-state index contributed by atoms with van der Waals surface area (Å²) in [6.45, 7) is 0.437. The smallest absolute Gasteiger partial charge is 0.290 e. The van der Waals surface area contributed by atoms with Gasteiger partial charge in [0, 0.05) is 49.9 Å². The molecule has 0 radical (unpaired) electrons. The minimum Gasteiger partial charge on any atom is -0.503 e. The highest BCUT2D eigenvalue weighted by Crippen LogP contribution is 2.41. The maximum absolute atomic E-state index is 13.6. The molecule has 4 rings (SSSR count). The van der Waals surface area contributed by atoms with E-state index in [1.165, 1.54) is 25.2 Å². The molecule has 0 saturated carbocycles. The maximum Gasteiger partial charge on any atom is 0.290 e. The molecule has 34 heavy (non-hydrogen) atoms. The van der Waals surface area contributed by atoms with Crippen LogP contribution in [0.25, 0.3) is 11.0 Å². The minimum absolute atomic E-state index is 0.0339. The van der Waals surface area contributed by atoms with Gasteiger partial charge < -0.3 is 28.8 Å². The molecule has 8 nitrogen and oxygen atoms in total. The number of amides is 1. The first-order chi connectivity index (χ1) is 16.3. The number of carbonyl (C=O) groups excluding carboxylic acids is 2. The molecule has 178 valence electrons. The number of rotatable bonds is 8. The van der Waals surface area contributed by atoms with Gasteiger partial charge >= 0.3 is 0 Å². The molecule has 0 fully saturated rings. The van der Waals surface area contributed by atoms with Gasteiger partial charge in [0.2, 0.25) is 5.78 Å². The zero-order valence-corrected chi connectivity index (χ0v) is 20.0. The molecular weight excluding hydrogens is 460 g/mol. The number of nitrogens with zero attached hydrogens (tertiary/aromatic N) is 2. The first-order valence-electron chi connectivity index (χ1n) is 10.6. The van der Waals surface area contributed by atoms with Gasteiger partial charge in [0.25, 0.3) is 5.91 Å². The fraction of sp³-hybridized carbons (Fsp3) is 0.280. The molecule has 0 aliphatic carbocycles. The van der Waals surface area contributed by atoms with Crippen LogP contribution in [0.3, 0.4) is 0 Å². The van der Waals surface area contributed by atoms with Crippen LogP contribution in [0.2, 0.25) is 5.02 Å². The molecule has 1 atom stereocenters. The Kier molecular flexibility index (Phi) is 6.54. The summed E-state index contributed by atoms with van der Waals surface area (Å²) >= 11 is 6.14. The molecule has 1 amide bonds. The van der Waals surface area contributed by atoms with E-state index in [1.54, 1.807) is 12.1 Å². The van der Waals surface area contributed by atoms with Crippen molar-refractivity contribution < 1.29 is 28.6 Å². The van der Waals surface area contributed by atoms with Gasteiger partial charge in [-0.1, -0.05) is 23.7 Å². The highest BCUT2D eigenvalue weighted by Gasteiger charge is 2.44. The van der Waals surface area contributed by atoms with Gasteiger partial charge in [-0.15, -0.1) is 0 Å². The van der Waals surface area contributed by atoms with Crippen molar-refractivity contribution in [2.75, 3.05) is 46.4 Å². The van der Waals surface area contributed by atoms with Crippen LogP contribution in [0.15, 0.2) is 58.2 Å². The van der Waals surface area contributed by atoms with Gasteiger partial charge in [0.1, 0.15) is 0 Å². The number of benzene rings is 2. The molecule has 0 spiro atoms.